The van der Waals surface area contributed by atoms with Gasteiger partial charge in [-0.2, -0.15) is 4.31 Å². The molecule has 3 rings (SSSR count). The van der Waals surface area contributed by atoms with Crippen molar-refractivity contribution in [3.05, 3.63) is 54.1 Å². The van der Waals surface area contributed by atoms with Gasteiger partial charge in [-0.1, -0.05) is 12.1 Å². The Bertz CT molecular complexity index is 1170. The lowest BCUT2D eigenvalue weighted by Crippen LogP contribution is -2.49. The van der Waals surface area contributed by atoms with Gasteiger partial charge in [-0.3, -0.25) is 9.59 Å². The Labute approximate surface area is 230 Å². The average Bonchev–Trinajstić information content (AvgIpc) is 2.97. The Kier molecular flexibility index (Phi) is 11.5. The molecule has 1 heterocycles. The van der Waals surface area contributed by atoms with Crippen molar-refractivity contribution in [3.63, 3.8) is 0 Å². The van der Waals surface area contributed by atoms with E-state index >= 15 is 0 Å². The first-order chi connectivity index (χ1) is 18.8. The molecular weight excluding hydrogens is 526 g/mol. The molecule has 1 saturated heterocycles. The third-order valence-corrected chi connectivity index (χ3v) is 8.21. The van der Waals surface area contributed by atoms with Gasteiger partial charge in [0.15, 0.2) is 6.61 Å². The fourth-order valence-electron chi connectivity index (χ4n) is 3.96. The van der Waals surface area contributed by atoms with Crippen LogP contribution < -0.4 is 14.8 Å². The Morgan fingerprint density at radius 2 is 1.67 bits per heavy atom. The van der Waals surface area contributed by atoms with E-state index < -0.39 is 22.0 Å². The first-order valence-electron chi connectivity index (χ1n) is 12.8. The van der Waals surface area contributed by atoms with Crippen LogP contribution in [0.1, 0.15) is 18.9 Å². The maximum atomic E-state index is 13.3. The number of methoxy groups -OCH3 is 2. The minimum absolute atomic E-state index is 0.142. The molecule has 2 amide bonds. The average molecular weight is 564 g/mol. The number of hydrogen-bond donors (Lipinski definition) is 1. The second kappa shape index (κ2) is 14.8. The number of benzene rings is 2. The molecule has 0 radical (unpaired) electrons. The van der Waals surface area contributed by atoms with Crippen molar-refractivity contribution in [2.24, 2.45) is 0 Å². The molecule has 0 aliphatic carbocycles. The highest BCUT2D eigenvalue weighted by molar-refractivity contribution is 7.89. The molecule has 2 aromatic carbocycles. The van der Waals surface area contributed by atoms with E-state index in [2.05, 4.69) is 5.32 Å². The normalized spacial score (nSPS) is 14.8. The number of sulfonamides is 1. The SMILES string of the molecule is COCCCNC(=O)C(C)N(Cc1ccc(OC)cc1)C(=O)COc1ccc(S(=O)(=O)N2CCOCC2)cc1. The van der Waals surface area contributed by atoms with Crippen LogP contribution in [0.2, 0.25) is 0 Å². The van der Waals surface area contributed by atoms with Crippen LogP contribution in [0, 0.1) is 0 Å². The maximum Gasteiger partial charge on any atom is 0.261 e. The third kappa shape index (κ3) is 8.65. The first kappa shape index (κ1) is 30.4. The van der Waals surface area contributed by atoms with E-state index in [9.17, 15) is 18.0 Å². The third-order valence-electron chi connectivity index (χ3n) is 6.30. The van der Waals surface area contributed by atoms with Crippen LogP contribution in [0.4, 0.5) is 0 Å². The molecule has 39 heavy (non-hydrogen) atoms. The van der Waals surface area contributed by atoms with Gasteiger partial charge in [-0.25, -0.2) is 8.42 Å². The summed E-state index contributed by atoms with van der Waals surface area (Å²) in [6.45, 7) is 3.80. The molecule has 0 bridgehead atoms. The minimum atomic E-state index is -3.63. The summed E-state index contributed by atoms with van der Waals surface area (Å²) in [5.41, 5.74) is 0.820. The van der Waals surface area contributed by atoms with E-state index in [1.54, 1.807) is 33.3 Å². The van der Waals surface area contributed by atoms with Gasteiger partial charge in [0.1, 0.15) is 17.5 Å². The van der Waals surface area contributed by atoms with Crippen LogP contribution >= 0.6 is 0 Å². The summed E-state index contributed by atoms with van der Waals surface area (Å²) >= 11 is 0. The summed E-state index contributed by atoms with van der Waals surface area (Å²) in [5, 5.41) is 2.84. The summed E-state index contributed by atoms with van der Waals surface area (Å²) in [6.07, 6.45) is 0.655. The Hall–Kier alpha value is -3.19. The summed E-state index contributed by atoms with van der Waals surface area (Å²) in [6, 6.07) is 12.4. The Morgan fingerprint density at radius 1 is 1.03 bits per heavy atom. The van der Waals surface area contributed by atoms with Crippen molar-refractivity contribution in [2.45, 2.75) is 30.8 Å². The van der Waals surface area contributed by atoms with Gasteiger partial charge in [0, 0.05) is 39.9 Å². The standard InChI is InChI=1S/C27H37N3O8S/c1-21(27(32)28-13-4-16-35-2)30(19-22-5-7-23(36-3)8-6-22)26(31)20-38-24-9-11-25(12-10-24)39(33,34)29-14-17-37-18-15-29/h5-12,21H,4,13-20H2,1-3H3,(H,28,32). The maximum absolute atomic E-state index is 13.3. The summed E-state index contributed by atoms with van der Waals surface area (Å²) < 4.78 is 48.2. The van der Waals surface area contributed by atoms with E-state index in [0.717, 1.165) is 5.56 Å². The van der Waals surface area contributed by atoms with E-state index in [1.165, 1.54) is 33.5 Å². The van der Waals surface area contributed by atoms with Crippen molar-refractivity contribution in [2.75, 3.05) is 60.3 Å². The molecule has 1 atom stereocenters. The largest absolute Gasteiger partial charge is 0.497 e. The van der Waals surface area contributed by atoms with Crippen molar-refractivity contribution in [3.8, 4) is 11.5 Å². The van der Waals surface area contributed by atoms with Crippen LogP contribution in [-0.4, -0.2) is 95.8 Å². The quantitative estimate of drug-likeness (QED) is 0.345. The van der Waals surface area contributed by atoms with Crippen LogP contribution in [0.5, 0.6) is 11.5 Å². The molecule has 0 saturated carbocycles. The van der Waals surface area contributed by atoms with Crippen molar-refractivity contribution < 1.29 is 37.0 Å². The number of carbonyl (C=O) groups is 2. The van der Waals surface area contributed by atoms with E-state index in [1.807, 2.05) is 12.1 Å². The molecule has 1 aliphatic rings. The van der Waals surface area contributed by atoms with Crippen LogP contribution in [-0.2, 0) is 35.6 Å². The minimum Gasteiger partial charge on any atom is -0.497 e. The zero-order chi connectivity index (χ0) is 28.3. The van der Waals surface area contributed by atoms with Crippen LogP contribution in [0.25, 0.3) is 0 Å². The Morgan fingerprint density at radius 3 is 2.28 bits per heavy atom. The van der Waals surface area contributed by atoms with Gasteiger partial charge >= 0.3 is 0 Å². The Balaban J connectivity index is 1.66. The zero-order valence-corrected chi connectivity index (χ0v) is 23.4. The highest BCUT2D eigenvalue weighted by atomic mass is 32.2. The molecule has 11 nitrogen and oxygen atoms in total. The van der Waals surface area contributed by atoms with Gasteiger partial charge in [-0.15, -0.1) is 0 Å². The molecule has 0 aromatic heterocycles. The number of ether oxygens (including phenoxy) is 4. The van der Waals surface area contributed by atoms with Gasteiger partial charge < -0.3 is 29.2 Å². The predicted octanol–water partition coefficient (Wildman–Crippen LogP) is 1.66. The summed E-state index contributed by atoms with van der Waals surface area (Å²) in [7, 11) is -0.468. The molecule has 1 N–H and O–H groups in total. The second-order valence-corrected chi connectivity index (χ2v) is 10.9. The number of hydrogen-bond acceptors (Lipinski definition) is 8. The van der Waals surface area contributed by atoms with Crippen LogP contribution in [0.15, 0.2) is 53.4 Å². The zero-order valence-electron chi connectivity index (χ0n) is 22.6. The number of morpholine rings is 1. The van der Waals surface area contributed by atoms with Gasteiger partial charge in [0.2, 0.25) is 15.9 Å². The highest BCUT2D eigenvalue weighted by Crippen LogP contribution is 2.21. The fourth-order valence-corrected chi connectivity index (χ4v) is 5.37. The smallest absolute Gasteiger partial charge is 0.261 e. The fraction of sp³-hybridized carbons (Fsp3) is 0.481. The summed E-state index contributed by atoms with van der Waals surface area (Å²) in [5.74, 6) is 0.342. The van der Waals surface area contributed by atoms with E-state index in [-0.39, 0.29) is 24.0 Å². The molecule has 214 valence electrons. The molecule has 1 fully saturated rings. The number of carbonyl (C=O) groups excluding carboxylic acids is 2. The molecule has 1 aliphatic heterocycles. The molecule has 2 aromatic rings. The predicted molar refractivity (Wildman–Crippen MR) is 144 cm³/mol. The van der Waals surface area contributed by atoms with Gasteiger partial charge in [-0.05, 0) is 55.3 Å². The summed E-state index contributed by atoms with van der Waals surface area (Å²) in [4.78, 5) is 27.7. The molecule has 0 spiro atoms. The van der Waals surface area contributed by atoms with Gasteiger partial charge in [0.25, 0.3) is 5.91 Å². The first-order valence-corrected chi connectivity index (χ1v) is 14.2. The van der Waals surface area contributed by atoms with Crippen LogP contribution in [0.3, 0.4) is 0 Å². The number of rotatable bonds is 14. The van der Waals surface area contributed by atoms with Crippen molar-refractivity contribution >= 4 is 21.8 Å². The number of nitrogens with zero attached hydrogens (tertiary/aromatic N) is 2. The van der Waals surface area contributed by atoms with E-state index in [4.69, 9.17) is 18.9 Å². The second-order valence-electron chi connectivity index (χ2n) is 8.96. The van der Waals surface area contributed by atoms with Crippen molar-refractivity contribution in [1.82, 2.24) is 14.5 Å². The molecule has 12 heteroatoms. The van der Waals surface area contributed by atoms with Crippen molar-refractivity contribution in [1.29, 1.82) is 0 Å². The molecular formula is C27H37N3O8S. The molecule has 1 unspecified atom stereocenters. The number of amides is 2. The lowest BCUT2D eigenvalue weighted by atomic mass is 10.1. The highest BCUT2D eigenvalue weighted by Gasteiger charge is 2.28. The lowest BCUT2D eigenvalue weighted by molar-refractivity contribution is -0.142. The van der Waals surface area contributed by atoms with Gasteiger partial charge in [0.05, 0.1) is 25.2 Å². The number of nitrogens with one attached hydrogen (secondary N) is 1. The van der Waals surface area contributed by atoms with E-state index in [0.29, 0.717) is 57.4 Å². The lowest BCUT2D eigenvalue weighted by Gasteiger charge is -2.29. The topological polar surface area (TPSA) is 124 Å². The monoisotopic (exact) mass is 563 g/mol.